The Morgan fingerprint density at radius 1 is 0.952 bits per heavy atom. The fourth-order valence-corrected chi connectivity index (χ4v) is 4.50. The normalized spacial score (nSPS) is 33.6. The van der Waals surface area contributed by atoms with Crippen molar-refractivity contribution in [1.29, 1.82) is 0 Å². The molecule has 0 N–H and O–H groups in total. The van der Waals surface area contributed by atoms with Crippen molar-refractivity contribution >= 4 is 5.78 Å². The molecular weight excluding hydrogens is 260 g/mol. The Bertz CT molecular complexity index is 367. The molecule has 0 spiro atoms. The lowest BCUT2D eigenvalue weighted by Crippen LogP contribution is -2.20. The van der Waals surface area contributed by atoms with Crippen molar-refractivity contribution in [3.63, 3.8) is 0 Å². The molecule has 3 atom stereocenters. The van der Waals surface area contributed by atoms with E-state index in [-0.39, 0.29) is 6.10 Å². The van der Waals surface area contributed by atoms with E-state index in [0.717, 1.165) is 31.6 Å². The molecule has 2 saturated carbocycles. The van der Waals surface area contributed by atoms with Gasteiger partial charge < -0.3 is 4.74 Å². The molecule has 118 valence electrons. The van der Waals surface area contributed by atoms with Crippen LogP contribution in [0.1, 0.15) is 77.0 Å². The van der Waals surface area contributed by atoms with Crippen LogP contribution in [0.25, 0.3) is 0 Å². The highest BCUT2D eigenvalue weighted by atomic mass is 16.5. The average Bonchev–Trinajstić information content (AvgIpc) is 2.97. The molecule has 2 aliphatic carbocycles. The second kappa shape index (κ2) is 7.09. The van der Waals surface area contributed by atoms with E-state index in [0.29, 0.717) is 24.2 Å². The van der Waals surface area contributed by atoms with Crippen molar-refractivity contribution < 1.29 is 9.53 Å². The summed E-state index contributed by atoms with van der Waals surface area (Å²) >= 11 is 0. The van der Waals surface area contributed by atoms with Crippen LogP contribution >= 0.6 is 0 Å². The third kappa shape index (κ3) is 3.77. The number of Topliss-reactive ketones (excluding diaryl/α,β-unsaturated/α-hetero) is 1. The topological polar surface area (TPSA) is 26.3 Å². The standard InChI is InChI=1S/C19H30O2/c1-14(11-12-17(20)15-7-3-2-4-8-15)19-13-16-9-5-6-10-18(16)21-19/h15-16,18-19H,1-13H2/t16-,18+,19?/m1/s1. The first-order chi connectivity index (χ1) is 10.2. The Hall–Kier alpha value is -0.630. The van der Waals surface area contributed by atoms with Gasteiger partial charge in [-0.2, -0.15) is 0 Å². The van der Waals surface area contributed by atoms with Crippen LogP contribution in [0, 0.1) is 11.8 Å². The van der Waals surface area contributed by atoms with Gasteiger partial charge in [-0.1, -0.05) is 38.7 Å². The lowest BCUT2D eigenvalue weighted by atomic mass is 9.83. The van der Waals surface area contributed by atoms with Crippen LogP contribution in [-0.4, -0.2) is 18.0 Å². The summed E-state index contributed by atoms with van der Waals surface area (Å²) in [6.45, 7) is 4.23. The Labute approximate surface area is 129 Å². The number of rotatable bonds is 5. The Morgan fingerprint density at radius 2 is 1.67 bits per heavy atom. The number of ether oxygens (including phenoxy) is 1. The van der Waals surface area contributed by atoms with Crippen LogP contribution in [-0.2, 0) is 9.53 Å². The number of ketones is 1. The third-order valence-electron chi connectivity index (χ3n) is 5.90. The molecule has 0 radical (unpaired) electrons. The monoisotopic (exact) mass is 290 g/mol. The molecule has 3 fully saturated rings. The Kier molecular flexibility index (Phi) is 5.15. The van der Waals surface area contributed by atoms with Gasteiger partial charge in [0.25, 0.3) is 0 Å². The lowest BCUT2D eigenvalue weighted by Gasteiger charge is -2.23. The summed E-state index contributed by atoms with van der Waals surface area (Å²) in [6, 6.07) is 0. The molecule has 0 aromatic rings. The van der Waals surface area contributed by atoms with Crippen LogP contribution in [0.3, 0.4) is 0 Å². The van der Waals surface area contributed by atoms with Crippen LogP contribution in [0.2, 0.25) is 0 Å². The maximum Gasteiger partial charge on any atom is 0.136 e. The molecule has 1 heterocycles. The fourth-order valence-electron chi connectivity index (χ4n) is 4.50. The second-order valence-electron chi connectivity index (χ2n) is 7.40. The molecule has 1 aliphatic heterocycles. The zero-order valence-electron chi connectivity index (χ0n) is 13.3. The minimum absolute atomic E-state index is 0.234. The third-order valence-corrected chi connectivity index (χ3v) is 5.90. The van der Waals surface area contributed by atoms with Gasteiger partial charge in [0.15, 0.2) is 0 Å². The summed E-state index contributed by atoms with van der Waals surface area (Å²) < 4.78 is 6.19. The number of fused-ring (bicyclic) bond motifs is 1. The van der Waals surface area contributed by atoms with E-state index in [9.17, 15) is 4.79 Å². The summed E-state index contributed by atoms with van der Waals surface area (Å²) in [5.74, 6) is 1.58. The summed E-state index contributed by atoms with van der Waals surface area (Å²) in [7, 11) is 0. The van der Waals surface area contributed by atoms with E-state index in [4.69, 9.17) is 4.74 Å². The Balaban J connectivity index is 1.43. The molecule has 0 amide bonds. The molecule has 21 heavy (non-hydrogen) atoms. The first-order valence-corrected chi connectivity index (χ1v) is 9.10. The molecule has 3 rings (SSSR count). The average molecular weight is 290 g/mol. The molecule has 0 bridgehead atoms. The van der Waals surface area contributed by atoms with Gasteiger partial charge in [-0.3, -0.25) is 4.79 Å². The highest BCUT2D eigenvalue weighted by Gasteiger charge is 2.37. The van der Waals surface area contributed by atoms with Gasteiger partial charge in [-0.05, 0) is 50.0 Å². The van der Waals surface area contributed by atoms with E-state index >= 15 is 0 Å². The number of carbonyl (C=O) groups is 1. The van der Waals surface area contributed by atoms with Crippen LogP contribution in [0.5, 0.6) is 0 Å². The minimum atomic E-state index is 0.234. The van der Waals surface area contributed by atoms with Crippen molar-refractivity contribution in [2.24, 2.45) is 11.8 Å². The van der Waals surface area contributed by atoms with Crippen molar-refractivity contribution in [2.75, 3.05) is 0 Å². The fraction of sp³-hybridized carbons (Fsp3) is 0.842. The molecule has 1 unspecified atom stereocenters. The SMILES string of the molecule is C=C(CCC(=O)C1CCCCC1)C1C[C@H]2CCCC[C@@H]2O1. The van der Waals surface area contributed by atoms with E-state index in [1.165, 1.54) is 50.5 Å². The predicted octanol–water partition coefficient (Wildman–Crippen LogP) is 4.82. The molecule has 3 aliphatic rings. The Morgan fingerprint density at radius 3 is 2.43 bits per heavy atom. The minimum Gasteiger partial charge on any atom is -0.370 e. The van der Waals surface area contributed by atoms with E-state index in [1.807, 2.05) is 0 Å². The summed E-state index contributed by atoms with van der Waals surface area (Å²) in [5, 5.41) is 0. The largest absolute Gasteiger partial charge is 0.370 e. The second-order valence-corrected chi connectivity index (χ2v) is 7.40. The van der Waals surface area contributed by atoms with E-state index in [1.54, 1.807) is 0 Å². The lowest BCUT2D eigenvalue weighted by molar-refractivity contribution is -0.123. The summed E-state index contributed by atoms with van der Waals surface area (Å²) in [4.78, 5) is 12.3. The van der Waals surface area contributed by atoms with Crippen molar-refractivity contribution in [1.82, 2.24) is 0 Å². The summed E-state index contributed by atoms with van der Waals surface area (Å²) in [6.07, 6.45) is 14.7. The van der Waals surface area contributed by atoms with Crippen molar-refractivity contribution in [3.05, 3.63) is 12.2 Å². The number of hydrogen-bond acceptors (Lipinski definition) is 2. The highest BCUT2D eigenvalue weighted by Crippen LogP contribution is 2.40. The van der Waals surface area contributed by atoms with Crippen LogP contribution in [0.4, 0.5) is 0 Å². The molecule has 0 aromatic carbocycles. The van der Waals surface area contributed by atoms with Crippen molar-refractivity contribution in [2.45, 2.75) is 89.3 Å². The predicted molar refractivity (Wildman–Crippen MR) is 85.2 cm³/mol. The molecule has 2 nitrogen and oxygen atoms in total. The molecular formula is C19H30O2. The molecule has 1 saturated heterocycles. The molecule has 0 aromatic heterocycles. The summed E-state index contributed by atoms with van der Waals surface area (Å²) in [5.41, 5.74) is 1.17. The van der Waals surface area contributed by atoms with Gasteiger partial charge >= 0.3 is 0 Å². The van der Waals surface area contributed by atoms with Gasteiger partial charge in [0.2, 0.25) is 0 Å². The molecule has 2 heteroatoms. The van der Waals surface area contributed by atoms with Gasteiger partial charge in [0, 0.05) is 12.3 Å². The zero-order chi connectivity index (χ0) is 14.7. The highest BCUT2D eigenvalue weighted by molar-refractivity contribution is 5.81. The van der Waals surface area contributed by atoms with Crippen molar-refractivity contribution in [3.8, 4) is 0 Å². The van der Waals surface area contributed by atoms with Gasteiger partial charge in [0.05, 0.1) is 12.2 Å². The first-order valence-electron chi connectivity index (χ1n) is 9.10. The number of carbonyl (C=O) groups excluding carboxylic acids is 1. The van der Waals surface area contributed by atoms with Gasteiger partial charge in [-0.15, -0.1) is 0 Å². The van der Waals surface area contributed by atoms with Crippen LogP contribution in [0.15, 0.2) is 12.2 Å². The van der Waals surface area contributed by atoms with E-state index in [2.05, 4.69) is 6.58 Å². The maximum atomic E-state index is 12.3. The van der Waals surface area contributed by atoms with E-state index < -0.39 is 0 Å². The first kappa shape index (κ1) is 15.3. The van der Waals surface area contributed by atoms with Gasteiger partial charge in [-0.25, -0.2) is 0 Å². The zero-order valence-corrected chi connectivity index (χ0v) is 13.3. The maximum absolute atomic E-state index is 12.3. The van der Waals surface area contributed by atoms with Crippen LogP contribution < -0.4 is 0 Å². The smallest absolute Gasteiger partial charge is 0.136 e. The quantitative estimate of drug-likeness (QED) is 0.679. The number of hydrogen-bond donors (Lipinski definition) is 0. The van der Waals surface area contributed by atoms with Gasteiger partial charge in [0.1, 0.15) is 5.78 Å².